The molecular weight excluding hydrogens is 300 g/mol. The highest BCUT2D eigenvalue weighted by molar-refractivity contribution is 7.13. The summed E-state index contributed by atoms with van der Waals surface area (Å²) in [5.74, 6) is 0.571. The van der Waals surface area contributed by atoms with Gasteiger partial charge in [-0.3, -0.25) is 4.79 Å². The molecule has 1 aromatic carbocycles. The summed E-state index contributed by atoms with van der Waals surface area (Å²) in [6, 6.07) is 7.52. The molecule has 116 valence electrons. The Balaban J connectivity index is 2.18. The summed E-state index contributed by atoms with van der Waals surface area (Å²) in [5.41, 5.74) is 1.31. The molecule has 1 aromatic heterocycles. The van der Waals surface area contributed by atoms with Gasteiger partial charge < -0.3 is 14.7 Å². The first-order chi connectivity index (χ1) is 10.7. The fourth-order valence-corrected chi connectivity index (χ4v) is 2.75. The van der Waals surface area contributed by atoms with E-state index in [1.54, 1.807) is 18.6 Å². The first-order valence-electron chi connectivity index (χ1n) is 6.80. The van der Waals surface area contributed by atoms with E-state index in [0.29, 0.717) is 12.2 Å². The Kier molecular flexibility index (Phi) is 5.68. The number of aromatic nitrogens is 1. The van der Waals surface area contributed by atoms with Crippen LogP contribution in [0.1, 0.15) is 10.5 Å². The third kappa shape index (κ3) is 3.72. The summed E-state index contributed by atoms with van der Waals surface area (Å²) in [7, 11) is 1.62. The number of carbonyl (C=O) groups excluding carboxylic acids is 1. The van der Waals surface area contributed by atoms with E-state index >= 15 is 0 Å². The first kappa shape index (κ1) is 16.2. The van der Waals surface area contributed by atoms with Crippen molar-refractivity contribution in [3.63, 3.8) is 0 Å². The third-order valence-electron chi connectivity index (χ3n) is 3.07. The fourth-order valence-electron chi connectivity index (χ4n) is 1.95. The maximum absolute atomic E-state index is 12.4. The van der Waals surface area contributed by atoms with E-state index in [2.05, 4.69) is 11.6 Å². The molecule has 6 heteroatoms. The normalized spacial score (nSPS) is 10.3. The molecule has 2 aromatic rings. The van der Waals surface area contributed by atoms with E-state index in [9.17, 15) is 4.79 Å². The van der Waals surface area contributed by atoms with Crippen LogP contribution >= 0.6 is 11.3 Å². The van der Waals surface area contributed by atoms with Gasteiger partial charge in [0.15, 0.2) is 0 Å². The molecule has 1 heterocycles. The highest BCUT2D eigenvalue weighted by Gasteiger charge is 2.17. The van der Waals surface area contributed by atoms with Gasteiger partial charge in [-0.15, -0.1) is 17.9 Å². The number of benzene rings is 1. The van der Waals surface area contributed by atoms with Crippen LogP contribution in [-0.4, -0.2) is 47.7 Å². The van der Waals surface area contributed by atoms with Gasteiger partial charge in [0.2, 0.25) is 0 Å². The Morgan fingerprint density at radius 2 is 2.18 bits per heavy atom. The number of hydrogen-bond donors (Lipinski definition) is 1. The number of amides is 1. The maximum atomic E-state index is 12.4. The zero-order valence-corrected chi connectivity index (χ0v) is 13.2. The summed E-state index contributed by atoms with van der Waals surface area (Å²) in [6.07, 6.45) is 1.63. The van der Waals surface area contributed by atoms with E-state index in [-0.39, 0.29) is 19.1 Å². The first-order valence-corrected chi connectivity index (χ1v) is 7.68. The van der Waals surface area contributed by atoms with Crippen molar-refractivity contribution in [2.75, 3.05) is 26.8 Å². The number of rotatable bonds is 7. The predicted octanol–water partition coefficient (Wildman–Crippen LogP) is 2.44. The maximum Gasteiger partial charge on any atom is 0.273 e. The van der Waals surface area contributed by atoms with Crippen molar-refractivity contribution in [3.05, 3.63) is 48.0 Å². The summed E-state index contributed by atoms with van der Waals surface area (Å²) in [5, 5.41) is 11.5. The monoisotopic (exact) mass is 318 g/mol. The van der Waals surface area contributed by atoms with Gasteiger partial charge in [-0.1, -0.05) is 6.08 Å². The quantitative estimate of drug-likeness (QED) is 0.797. The molecule has 0 unspecified atom stereocenters. The summed E-state index contributed by atoms with van der Waals surface area (Å²) < 4.78 is 5.12. The Morgan fingerprint density at radius 3 is 2.77 bits per heavy atom. The van der Waals surface area contributed by atoms with Crippen molar-refractivity contribution in [3.8, 4) is 16.3 Å². The van der Waals surface area contributed by atoms with Crippen molar-refractivity contribution >= 4 is 17.2 Å². The molecule has 0 saturated carbocycles. The van der Waals surface area contributed by atoms with Crippen LogP contribution < -0.4 is 4.74 Å². The lowest BCUT2D eigenvalue weighted by atomic mass is 10.2. The topological polar surface area (TPSA) is 62.7 Å². The van der Waals surface area contributed by atoms with Gasteiger partial charge in [-0.25, -0.2) is 4.98 Å². The molecule has 2 rings (SSSR count). The minimum Gasteiger partial charge on any atom is -0.497 e. The lowest BCUT2D eigenvalue weighted by Crippen LogP contribution is -2.33. The molecule has 1 amide bonds. The van der Waals surface area contributed by atoms with Crippen molar-refractivity contribution in [1.29, 1.82) is 0 Å². The zero-order valence-electron chi connectivity index (χ0n) is 12.4. The number of hydrogen-bond acceptors (Lipinski definition) is 5. The molecule has 22 heavy (non-hydrogen) atoms. The average Bonchev–Trinajstić information content (AvgIpc) is 3.04. The second-order valence-corrected chi connectivity index (χ2v) is 5.39. The largest absolute Gasteiger partial charge is 0.497 e. The number of aliphatic hydroxyl groups excluding tert-OH is 1. The minimum absolute atomic E-state index is 0.0882. The minimum atomic E-state index is -0.204. The number of carbonyl (C=O) groups is 1. The number of thiazole rings is 1. The smallest absolute Gasteiger partial charge is 0.273 e. The molecule has 5 nitrogen and oxygen atoms in total. The van der Waals surface area contributed by atoms with E-state index < -0.39 is 0 Å². The van der Waals surface area contributed by atoms with Crippen molar-refractivity contribution in [2.45, 2.75) is 0 Å². The number of ether oxygens (including phenoxy) is 1. The molecule has 0 aliphatic carbocycles. The molecule has 0 radical (unpaired) electrons. The van der Waals surface area contributed by atoms with Gasteiger partial charge in [-0.2, -0.15) is 0 Å². The fraction of sp³-hybridized carbons (Fsp3) is 0.250. The molecular formula is C16H18N2O3S. The van der Waals surface area contributed by atoms with Crippen LogP contribution in [0.2, 0.25) is 0 Å². The molecule has 0 spiro atoms. The number of nitrogens with zero attached hydrogens (tertiary/aromatic N) is 2. The summed E-state index contributed by atoms with van der Waals surface area (Å²) >= 11 is 1.41. The van der Waals surface area contributed by atoms with Crippen molar-refractivity contribution in [1.82, 2.24) is 9.88 Å². The van der Waals surface area contributed by atoms with Crippen LogP contribution in [0, 0.1) is 0 Å². The molecule has 1 N–H and O–H groups in total. The van der Waals surface area contributed by atoms with E-state index in [1.807, 2.05) is 24.3 Å². The Morgan fingerprint density at radius 1 is 1.45 bits per heavy atom. The van der Waals surface area contributed by atoms with Crippen LogP contribution in [0.4, 0.5) is 0 Å². The van der Waals surface area contributed by atoms with Crippen molar-refractivity contribution < 1.29 is 14.6 Å². The van der Waals surface area contributed by atoms with Gasteiger partial charge in [0.05, 0.1) is 13.7 Å². The number of aliphatic hydroxyl groups is 1. The van der Waals surface area contributed by atoms with Crippen LogP contribution in [0.5, 0.6) is 5.75 Å². The van der Waals surface area contributed by atoms with Crippen LogP contribution in [0.25, 0.3) is 10.6 Å². The van der Waals surface area contributed by atoms with Crippen molar-refractivity contribution in [2.24, 2.45) is 0 Å². The number of methoxy groups -OCH3 is 1. The van der Waals surface area contributed by atoms with E-state index in [0.717, 1.165) is 16.3 Å². The molecule has 0 fully saturated rings. The van der Waals surface area contributed by atoms with Crippen LogP contribution in [0.15, 0.2) is 42.3 Å². The van der Waals surface area contributed by atoms with Gasteiger partial charge in [0.25, 0.3) is 5.91 Å². The standard InChI is InChI=1S/C16H18N2O3S/c1-3-8-18(9-10-19)16(20)14-11-22-15(17-14)12-4-6-13(21-2)7-5-12/h3-7,11,19H,1,8-10H2,2H3. The zero-order chi connectivity index (χ0) is 15.9. The van der Waals surface area contributed by atoms with E-state index in [1.165, 1.54) is 16.2 Å². The highest BCUT2D eigenvalue weighted by Crippen LogP contribution is 2.26. The molecule has 0 aliphatic heterocycles. The lowest BCUT2D eigenvalue weighted by Gasteiger charge is -2.18. The Bertz CT molecular complexity index is 637. The average molecular weight is 318 g/mol. The summed E-state index contributed by atoms with van der Waals surface area (Å²) in [4.78, 5) is 18.3. The third-order valence-corrected chi connectivity index (χ3v) is 3.96. The van der Waals surface area contributed by atoms with Crippen LogP contribution in [0.3, 0.4) is 0 Å². The van der Waals surface area contributed by atoms with Gasteiger partial charge in [0, 0.05) is 24.0 Å². The second-order valence-electron chi connectivity index (χ2n) is 4.53. The van der Waals surface area contributed by atoms with E-state index in [4.69, 9.17) is 9.84 Å². The second kappa shape index (κ2) is 7.72. The molecule has 0 atom stereocenters. The SMILES string of the molecule is C=CCN(CCO)C(=O)c1csc(-c2ccc(OC)cc2)n1. The van der Waals surface area contributed by atoms with Crippen LogP contribution in [-0.2, 0) is 0 Å². The predicted molar refractivity (Wildman–Crippen MR) is 87.3 cm³/mol. The van der Waals surface area contributed by atoms with Gasteiger partial charge in [-0.05, 0) is 24.3 Å². The summed E-state index contributed by atoms with van der Waals surface area (Å²) in [6.45, 7) is 4.18. The molecule has 0 bridgehead atoms. The van der Waals surface area contributed by atoms with Gasteiger partial charge >= 0.3 is 0 Å². The highest BCUT2D eigenvalue weighted by atomic mass is 32.1. The van der Waals surface area contributed by atoms with Gasteiger partial charge in [0.1, 0.15) is 16.5 Å². The Labute approximate surface area is 133 Å². The lowest BCUT2D eigenvalue weighted by molar-refractivity contribution is 0.0738. The molecule has 0 saturated heterocycles. The Hall–Kier alpha value is -2.18. The molecule has 0 aliphatic rings.